The summed E-state index contributed by atoms with van der Waals surface area (Å²) in [6, 6.07) is 4.63. The summed E-state index contributed by atoms with van der Waals surface area (Å²) >= 11 is 0. The number of nitrogens with one attached hydrogen (secondary N) is 1. The fourth-order valence-corrected chi connectivity index (χ4v) is 1.12. The number of anilines is 1. The van der Waals surface area contributed by atoms with Gasteiger partial charge in [0.1, 0.15) is 6.26 Å². The van der Waals surface area contributed by atoms with Gasteiger partial charge in [-0.3, -0.25) is 4.79 Å². The first-order valence-electron chi connectivity index (χ1n) is 4.98. The second-order valence-electron chi connectivity index (χ2n) is 3.03. The molecule has 0 unspecified atom stereocenters. The van der Waals surface area contributed by atoms with Crippen molar-refractivity contribution in [1.29, 1.82) is 0 Å². The summed E-state index contributed by atoms with van der Waals surface area (Å²) in [6.45, 7) is 2.34. The normalized spacial score (nSPS) is 9.94. The van der Waals surface area contributed by atoms with Crippen LogP contribution in [0, 0.1) is 0 Å². The van der Waals surface area contributed by atoms with Crippen molar-refractivity contribution in [3.05, 3.63) is 30.2 Å². The van der Waals surface area contributed by atoms with E-state index in [2.05, 4.69) is 25.2 Å². The zero-order valence-electron chi connectivity index (χ0n) is 9.08. The van der Waals surface area contributed by atoms with E-state index in [4.69, 9.17) is 4.74 Å². The summed E-state index contributed by atoms with van der Waals surface area (Å²) in [4.78, 5) is 11.6. The van der Waals surface area contributed by atoms with E-state index >= 15 is 0 Å². The number of carbonyl (C=O) groups is 1. The lowest BCUT2D eigenvalue weighted by molar-refractivity contribution is 0.102. The summed E-state index contributed by atoms with van der Waals surface area (Å²) < 4.78 is 9.70. The molecule has 0 aliphatic heterocycles. The number of amides is 1. The standard InChI is InChI=1S/C10H10N4O3/c1-2-16-9-4-3-7(12-13-9)10(15)11-8-5-6-17-14-8/h3-6H,2H2,1H3,(H,11,14,15). The first kappa shape index (κ1) is 11.1. The van der Waals surface area contributed by atoms with Gasteiger partial charge in [-0.25, -0.2) is 0 Å². The lowest BCUT2D eigenvalue weighted by Crippen LogP contribution is -2.14. The van der Waals surface area contributed by atoms with Crippen LogP contribution in [0.5, 0.6) is 5.88 Å². The highest BCUT2D eigenvalue weighted by Crippen LogP contribution is 2.07. The number of carbonyl (C=O) groups excluding carboxylic acids is 1. The number of nitrogens with zero attached hydrogens (tertiary/aromatic N) is 3. The van der Waals surface area contributed by atoms with Gasteiger partial charge in [-0.1, -0.05) is 5.16 Å². The van der Waals surface area contributed by atoms with Crippen molar-refractivity contribution >= 4 is 11.7 Å². The molecule has 0 atom stereocenters. The van der Waals surface area contributed by atoms with E-state index < -0.39 is 5.91 Å². The molecule has 0 aliphatic rings. The molecule has 88 valence electrons. The van der Waals surface area contributed by atoms with Gasteiger partial charge in [0, 0.05) is 12.1 Å². The van der Waals surface area contributed by atoms with E-state index in [0.717, 1.165) is 0 Å². The molecule has 2 rings (SSSR count). The average molecular weight is 234 g/mol. The molecule has 7 nitrogen and oxygen atoms in total. The minimum atomic E-state index is -0.408. The van der Waals surface area contributed by atoms with Gasteiger partial charge in [0.25, 0.3) is 5.91 Å². The van der Waals surface area contributed by atoms with Crippen molar-refractivity contribution in [1.82, 2.24) is 15.4 Å². The zero-order chi connectivity index (χ0) is 12.1. The first-order chi connectivity index (χ1) is 8.29. The lowest BCUT2D eigenvalue weighted by Gasteiger charge is -2.02. The minimum absolute atomic E-state index is 0.177. The molecule has 2 aromatic heterocycles. The molecular weight excluding hydrogens is 224 g/mol. The number of ether oxygens (including phenoxy) is 1. The molecule has 7 heteroatoms. The number of rotatable bonds is 4. The largest absolute Gasteiger partial charge is 0.477 e. The van der Waals surface area contributed by atoms with E-state index in [-0.39, 0.29) is 5.69 Å². The van der Waals surface area contributed by atoms with Gasteiger partial charge in [-0.2, -0.15) is 0 Å². The Hall–Kier alpha value is -2.44. The highest BCUT2D eigenvalue weighted by molar-refractivity contribution is 6.02. The van der Waals surface area contributed by atoms with Gasteiger partial charge < -0.3 is 14.6 Å². The van der Waals surface area contributed by atoms with Gasteiger partial charge in [-0.15, -0.1) is 10.2 Å². The second kappa shape index (κ2) is 5.06. The van der Waals surface area contributed by atoms with Gasteiger partial charge in [0.2, 0.25) is 5.88 Å². The van der Waals surface area contributed by atoms with Crippen LogP contribution in [-0.4, -0.2) is 27.9 Å². The maximum Gasteiger partial charge on any atom is 0.277 e. The molecule has 0 spiro atoms. The van der Waals surface area contributed by atoms with Crippen molar-refractivity contribution in [2.45, 2.75) is 6.92 Å². The Morgan fingerprint density at radius 3 is 2.88 bits per heavy atom. The van der Waals surface area contributed by atoms with Gasteiger partial charge in [-0.05, 0) is 13.0 Å². The highest BCUT2D eigenvalue weighted by Gasteiger charge is 2.10. The van der Waals surface area contributed by atoms with Crippen LogP contribution in [0.15, 0.2) is 29.0 Å². The molecule has 0 bridgehead atoms. The zero-order valence-corrected chi connectivity index (χ0v) is 9.08. The van der Waals surface area contributed by atoms with Gasteiger partial charge in [0.05, 0.1) is 6.61 Å². The molecule has 0 saturated carbocycles. The van der Waals surface area contributed by atoms with Gasteiger partial charge in [0.15, 0.2) is 11.5 Å². The fraction of sp³-hybridized carbons (Fsp3) is 0.200. The van der Waals surface area contributed by atoms with Crippen molar-refractivity contribution < 1.29 is 14.1 Å². The molecular formula is C10H10N4O3. The van der Waals surface area contributed by atoms with Crippen molar-refractivity contribution in [2.75, 3.05) is 11.9 Å². The van der Waals surface area contributed by atoms with Crippen LogP contribution in [0.25, 0.3) is 0 Å². The van der Waals surface area contributed by atoms with Crippen molar-refractivity contribution in [3.8, 4) is 5.88 Å². The molecule has 1 amide bonds. The molecule has 0 fully saturated rings. The first-order valence-corrected chi connectivity index (χ1v) is 4.98. The van der Waals surface area contributed by atoms with E-state index in [9.17, 15) is 4.79 Å². The van der Waals surface area contributed by atoms with Crippen LogP contribution in [-0.2, 0) is 0 Å². The molecule has 0 saturated heterocycles. The van der Waals surface area contributed by atoms with E-state index in [1.54, 1.807) is 6.07 Å². The van der Waals surface area contributed by atoms with Crippen LogP contribution in [0.4, 0.5) is 5.82 Å². The third kappa shape index (κ3) is 2.77. The quantitative estimate of drug-likeness (QED) is 0.852. The Morgan fingerprint density at radius 2 is 2.29 bits per heavy atom. The Labute approximate surface area is 96.8 Å². The van der Waals surface area contributed by atoms with Crippen molar-refractivity contribution in [3.63, 3.8) is 0 Å². The second-order valence-corrected chi connectivity index (χ2v) is 3.03. The Bertz CT molecular complexity index is 481. The molecule has 1 N–H and O–H groups in total. The average Bonchev–Trinajstić information content (AvgIpc) is 2.83. The number of aromatic nitrogens is 3. The molecule has 0 aliphatic carbocycles. The fourth-order valence-electron chi connectivity index (χ4n) is 1.12. The molecule has 2 aromatic rings. The van der Waals surface area contributed by atoms with E-state index in [1.807, 2.05) is 6.92 Å². The van der Waals surface area contributed by atoms with E-state index in [0.29, 0.717) is 18.3 Å². The molecule has 0 radical (unpaired) electrons. The topological polar surface area (TPSA) is 90.1 Å². The van der Waals surface area contributed by atoms with Crippen LogP contribution >= 0.6 is 0 Å². The maximum absolute atomic E-state index is 11.6. The monoisotopic (exact) mass is 234 g/mol. The summed E-state index contributed by atoms with van der Waals surface area (Å²) in [7, 11) is 0. The van der Waals surface area contributed by atoms with Crippen LogP contribution in [0.2, 0.25) is 0 Å². The summed E-state index contributed by atoms with van der Waals surface area (Å²) in [5, 5.41) is 13.5. The molecule has 0 aromatic carbocycles. The third-order valence-corrected chi connectivity index (χ3v) is 1.84. The van der Waals surface area contributed by atoms with Crippen molar-refractivity contribution in [2.24, 2.45) is 0 Å². The predicted molar refractivity (Wildman–Crippen MR) is 57.7 cm³/mol. The predicted octanol–water partition coefficient (Wildman–Crippen LogP) is 1.12. The summed E-state index contributed by atoms with van der Waals surface area (Å²) in [5.41, 5.74) is 0.177. The molecule has 2 heterocycles. The number of hydrogen-bond donors (Lipinski definition) is 1. The Kier molecular flexibility index (Phi) is 3.29. The SMILES string of the molecule is CCOc1ccc(C(=O)Nc2ccon2)nn1. The Morgan fingerprint density at radius 1 is 1.41 bits per heavy atom. The summed E-state index contributed by atoms with van der Waals surface area (Å²) in [5.74, 6) is 0.297. The Balaban J connectivity index is 2.04. The smallest absolute Gasteiger partial charge is 0.277 e. The van der Waals surface area contributed by atoms with Crippen LogP contribution in [0.1, 0.15) is 17.4 Å². The summed E-state index contributed by atoms with van der Waals surface area (Å²) in [6.07, 6.45) is 1.36. The molecule has 17 heavy (non-hydrogen) atoms. The lowest BCUT2D eigenvalue weighted by atomic mass is 10.3. The van der Waals surface area contributed by atoms with Crippen LogP contribution in [0.3, 0.4) is 0 Å². The number of hydrogen-bond acceptors (Lipinski definition) is 6. The minimum Gasteiger partial charge on any atom is -0.477 e. The highest BCUT2D eigenvalue weighted by atomic mass is 16.5. The van der Waals surface area contributed by atoms with Gasteiger partial charge >= 0.3 is 0 Å². The van der Waals surface area contributed by atoms with Crippen LogP contribution < -0.4 is 10.1 Å². The van der Waals surface area contributed by atoms with E-state index in [1.165, 1.54) is 18.4 Å². The maximum atomic E-state index is 11.6. The third-order valence-electron chi connectivity index (χ3n) is 1.84.